The fourth-order valence-electron chi connectivity index (χ4n) is 2.35. The molecule has 0 radical (unpaired) electrons. The van der Waals surface area contributed by atoms with Crippen molar-refractivity contribution in [2.24, 2.45) is 11.7 Å². The number of ether oxygens (including phenoxy) is 1. The molecule has 1 aliphatic heterocycles. The number of piperidine rings is 1. The van der Waals surface area contributed by atoms with Crippen molar-refractivity contribution < 1.29 is 9.53 Å². The van der Waals surface area contributed by atoms with Gasteiger partial charge in [0, 0.05) is 12.6 Å². The van der Waals surface area contributed by atoms with E-state index < -0.39 is 0 Å². The highest BCUT2D eigenvalue weighted by Gasteiger charge is 2.29. The molecule has 1 amide bonds. The standard InChI is InChI=1S/C13H20N4O2/c1-3-19-12-7-15-6-11(16-12)17-8-10(13(14)18)5-4-9(17)2/h6-7,9-10H,3-5,8H2,1-2H3,(H2,14,18)/t9-,10+/m1/s1. The molecule has 0 saturated carbocycles. The van der Waals surface area contributed by atoms with E-state index in [0.29, 0.717) is 25.1 Å². The van der Waals surface area contributed by atoms with Crippen LogP contribution in [0.3, 0.4) is 0 Å². The first kappa shape index (κ1) is 13.6. The number of anilines is 1. The van der Waals surface area contributed by atoms with Gasteiger partial charge in [-0.05, 0) is 26.7 Å². The summed E-state index contributed by atoms with van der Waals surface area (Å²) in [5, 5.41) is 0. The van der Waals surface area contributed by atoms with Crippen LogP contribution in [0.5, 0.6) is 5.88 Å². The van der Waals surface area contributed by atoms with Gasteiger partial charge in [-0.2, -0.15) is 4.98 Å². The molecule has 0 spiro atoms. The number of aromatic nitrogens is 2. The molecule has 0 unspecified atom stereocenters. The number of primary amides is 1. The maximum absolute atomic E-state index is 11.3. The molecule has 0 aliphatic carbocycles. The Morgan fingerprint density at radius 2 is 2.32 bits per heavy atom. The highest BCUT2D eigenvalue weighted by Crippen LogP contribution is 2.26. The molecular formula is C13H20N4O2. The maximum Gasteiger partial charge on any atom is 0.234 e. The van der Waals surface area contributed by atoms with Crippen LogP contribution in [0.4, 0.5) is 5.82 Å². The molecule has 2 rings (SSSR count). The summed E-state index contributed by atoms with van der Waals surface area (Å²) in [7, 11) is 0. The highest BCUT2D eigenvalue weighted by atomic mass is 16.5. The van der Waals surface area contributed by atoms with Gasteiger partial charge in [0.05, 0.1) is 24.9 Å². The lowest BCUT2D eigenvalue weighted by atomic mass is 9.93. The number of hydrogen-bond acceptors (Lipinski definition) is 5. The van der Waals surface area contributed by atoms with Crippen molar-refractivity contribution >= 4 is 11.7 Å². The van der Waals surface area contributed by atoms with Gasteiger partial charge in [0.1, 0.15) is 0 Å². The average molecular weight is 264 g/mol. The summed E-state index contributed by atoms with van der Waals surface area (Å²) in [4.78, 5) is 22.0. The summed E-state index contributed by atoms with van der Waals surface area (Å²) in [6, 6.07) is 0.321. The lowest BCUT2D eigenvalue weighted by Gasteiger charge is -2.37. The molecule has 2 N–H and O–H groups in total. The minimum atomic E-state index is -0.245. The highest BCUT2D eigenvalue weighted by molar-refractivity contribution is 5.77. The normalized spacial score (nSPS) is 23.2. The number of rotatable bonds is 4. The van der Waals surface area contributed by atoms with Gasteiger partial charge in [-0.25, -0.2) is 0 Å². The Morgan fingerprint density at radius 1 is 1.53 bits per heavy atom. The fraction of sp³-hybridized carbons (Fsp3) is 0.615. The van der Waals surface area contributed by atoms with Crippen LogP contribution in [0.25, 0.3) is 0 Å². The quantitative estimate of drug-likeness (QED) is 0.876. The second kappa shape index (κ2) is 5.86. The van der Waals surface area contributed by atoms with E-state index in [-0.39, 0.29) is 11.8 Å². The molecule has 104 valence electrons. The predicted octanol–water partition coefficient (Wildman–Crippen LogP) is 0.965. The first-order valence-electron chi connectivity index (χ1n) is 6.62. The molecule has 1 aromatic heterocycles. The van der Waals surface area contributed by atoms with E-state index in [2.05, 4.69) is 21.8 Å². The molecule has 0 bridgehead atoms. The van der Waals surface area contributed by atoms with E-state index >= 15 is 0 Å². The molecule has 1 saturated heterocycles. The van der Waals surface area contributed by atoms with E-state index in [1.807, 2.05) is 6.92 Å². The summed E-state index contributed by atoms with van der Waals surface area (Å²) < 4.78 is 5.35. The van der Waals surface area contributed by atoms with E-state index in [9.17, 15) is 4.79 Å². The lowest BCUT2D eigenvalue weighted by molar-refractivity contribution is -0.122. The summed E-state index contributed by atoms with van der Waals surface area (Å²) >= 11 is 0. The van der Waals surface area contributed by atoms with E-state index in [0.717, 1.165) is 18.7 Å². The van der Waals surface area contributed by atoms with Crippen molar-refractivity contribution in [1.82, 2.24) is 9.97 Å². The summed E-state index contributed by atoms with van der Waals surface area (Å²) in [6.07, 6.45) is 5.05. The third kappa shape index (κ3) is 3.13. The van der Waals surface area contributed by atoms with E-state index in [4.69, 9.17) is 10.5 Å². The average Bonchev–Trinajstić information content (AvgIpc) is 2.39. The van der Waals surface area contributed by atoms with Crippen LogP contribution in [0.1, 0.15) is 26.7 Å². The minimum absolute atomic E-state index is 0.117. The lowest BCUT2D eigenvalue weighted by Crippen LogP contribution is -2.46. The molecule has 1 aliphatic rings. The second-order valence-electron chi connectivity index (χ2n) is 4.83. The first-order valence-corrected chi connectivity index (χ1v) is 6.62. The SMILES string of the molecule is CCOc1cncc(N2C[C@@H](C(N)=O)CC[C@H]2C)n1. The van der Waals surface area contributed by atoms with Crippen LogP contribution < -0.4 is 15.4 Å². The third-order valence-electron chi connectivity index (χ3n) is 3.47. The summed E-state index contributed by atoms with van der Waals surface area (Å²) in [5.41, 5.74) is 5.40. The van der Waals surface area contributed by atoms with Gasteiger partial charge in [-0.1, -0.05) is 0 Å². The number of carbonyl (C=O) groups excluding carboxylic acids is 1. The Kier molecular flexibility index (Phi) is 4.19. The van der Waals surface area contributed by atoms with Crippen molar-refractivity contribution in [3.8, 4) is 5.88 Å². The Balaban J connectivity index is 2.18. The van der Waals surface area contributed by atoms with Gasteiger partial charge in [0.2, 0.25) is 11.8 Å². The second-order valence-corrected chi connectivity index (χ2v) is 4.83. The molecule has 19 heavy (non-hydrogen) atoms. The molecule has 6 heteroatoms. The van der Waals surface area contributed by atoms with Crippen LogP contribution in [-0.4, -0.2) is 35.1 Å². The zero-order chi connectivity index (χ0) is 13.8. The number of nitrogens with two attached hydrogens (primary N) is 1. The molecule has 1 aromatic rings. The van der Waals surface area contributed by atoms with Crippen LogP contribution in [0, 0.1) is 5.92 Å². The van der Waals surface area contributed by atoms with Crippen LogP contribution in [0.2, 0.25) is 0 Å². The van der Waals surface area contributed by atoms with Gasteiger partial charge < -0.3 is 15.4 Å². The van der Waals surface area contributed by atoms with E-state index in [1.54, 1.807) is 12.4 Å². The van der Waals surface area contributed by atoms with Crippen molar-refractivity contribution in [2.45, 2.75) is 32.7 Å². The smallest absolute Gasteiger partial charge is 0.234 e. The summed E-state index contributed by atoms with van der Waals surface area (Å²) in [5.74, 6) is 0.886. The van der Waals surface area contributed by atoms with E-state index in [1.165, 1.54) is 0 Å². The topological polar surface area (TPSA) is 81.3 Å². The molecule has 0 aromatic carbocycles. The number of hydrogen-bond donors (Lipinski definition) is 1. The van der Waals surface area contributed by atoms with Gasteiger partial charge in [-0.3, -0.25) is 9.78 Å². The zero-order valence-corrected chi connectivity index (χ0v) is 11.4. The molecular weight excluding hydrogens is 244 g/mol. The van der Waals surface area contributed by atoms with Gasteiger partial charge in [0.15, 0.2) is 5.82 Å². The fourth-order valence-corrected chi connectivity index (χ4v) is 2.35. The Morgan fingerprint density at radius 3 is 3.00 bits per heavy atom. The molecule has 6 nitrogen and oxygen atoms in total. The molecule has 2 atom stereocenters. The zero-order valence-electron chi connectivity index (χ0n) is 11.4. The first-order chi connectivity index (χ1) is 9.11. The van der Waals surface area contributed by atoms with Crippen molar-refractivity contribution in [1.29, 1.82) is 0 Å². The molecule has 1 fully saturated rings. The van der Waals surface area contributed by atoms with Crippen LogP contribution >= 0.6 is 0 Å². The molecule has 2 heterocycles. The summed E-state index contributed by atoms with van der Waals surface area (Å²) in [6.45, 7) is 5.17. The Labute approximate surface area is 113 Å². The van der Waals surface area contributed by atoms with Gasteiger partial charge in [0.25, 0.3) is 0 Å². The van der Waals surface area contributed by atoms with Gasteiger partial charge in [-0.15, -0.1) is 0 Å². The monoisotopic (exact) mass is 264 g/mol. The number of amides is 1. The Bertz CT molecular complexity index is 452. The largest absolute Gasteiger partial charge is 0.477 e. The van der Waals surface area contributed by atoms with Gasteiger partial charge >= 0.3 is 0 Å². The maximum atomic E-state index is 11.3. The number of nitrogens with zero attached hydrogens (tertiary/aromatic N) is 3. The van der Waals surface area contributed by atoms with Crippen molar-refractivity contribution in [2.75, 3.05) is 18.1 Å². The third-order valence-corrected chi connectivity index (χ3v) is 3.47. The van der Waals surface area contributed by atoms with Crippen LogP contribution in [0.15, 0.2) is 12.4 Å². The Hall–Kier alpha value is -1.85. The predicted molar refractivity (Wildman–Crippen MR) is 71.9 cm³/mol. The van der Waals surface area contributed by atoms with Crippen molar-refractivity contribution in [3.05, 3.63) is 12.4 Å². The number of carbonyl (C=O) groups is 1. The van der Waals surface area contributed by atoms with Crippen molar-refractivity contribution in [3.63, 3.8) is 0 Å². The van der Waals surface area contributed by atoms with Crippen LogP contribution in [-0.2, 0) is 4.79 Å². The minimum Gasteiger partial charge on any atom is -0.477 e.